The topological polar surface area (TPSA) is 20.2 Å². The number of hydrogen-bond donors (Lipinski definition) is 1. The summed E-state index contributed by atoms with van der Waals surface area (Å²) >= 11 is 0. The molecule has 1 aromatic rings. The number of benzene rings is 1. The van der Waals surface area contributed by atoms with E-state index in [0.717, 1.165) is 5.56 Å². The average Bonchev–Trinajstić information content (AvgIpc) is 2.08. The fourth-order valence-corrected chi connectivity index (χ4v) is 1.27. The van der Waals surface area contributed by atoms with Gasteiger partial charge >= 0.3 is 0 Å². The summed E-state index contributed by atoms with van der Waals surface area (Å²) in [6.45, 7) is 3.73. The highest BCUT2D eigenvalue weighted by atomic mass is 19.1. The molecule has 0 amide bonds. The Balaban J connectivity index is 2.97. The molecule has 0 fully saturated rings. The second-order valence-corrected chi connectivity index (χ2v) is 3.48. The van der Waals surface area contributed by atoms with E-state index in [2.05, 4.69) is 13.8 Å². The predicted molar refractivity (Wildman–Crippen MR) is 51.9 cm³/mol. The highest BCUT2D eigenvalue weighted by Gasteiger charge is 2.04. The highest BCUT2D eigenvalue weighted by Crippen LogP contribution is 2.23. The maximum absolute atomic E-state index is 12.1. The Morgan fingerprint density at radius 2 is 2.08 bits per heavy atom. The summed E-state index contributed by atoms with van der Waals surface area (Å²) in [5, 5.41) is 9.38. The Bertz CT molecular complexity index is 281. The van der Waals surface area contributed by atoms with Crippen molar-refractivity contribution < 1.29 is 9.50 Å². The van der Waals surface area contributed by atoms with Crippen molar-refractivity contribution in [3.05, 3.63) is 29.3 Å². The van der Waals surface area contributed by atoms with Gasteiger partial charge in [-0.1, -0.05) is 26.0 Å². The van der Waals surface area contributed by atoms with Crippen LogP contribution in [-0.4, -0.2) is 11.8 Å². The van der Waals surface area contributed by atoms with Crippen LogP contribution in [0.15, 0.2) is 18.2 Å². The lowest BCUT2D eigenvalue weighted by Gasteiger charge is -2.08. The van der Waals surface area contributed by atoms with Crippen LogP contribution in [0.1, 0.15) is 30.9 Å². The molecule has 2 heteroatoms. The van der Waals surface area contributed by atoms with Crippen molar-refractivity contribution >= 4 is 0 Å². The first-order chi connectivity index (χ1) is 6.15. The van der Waals surface area contributed by atoms with Gasteiger partial charge in [-0.2, -0.15) is 0 Å². The monoisotopic (exact) mass is 182 g/mol. The van der Waals surface area contributed by atoms with Crippen LogP contribution < -0.4 is 0 Å². The molecule has 1 aromatic carbocycles. The molecule has 0 aliphatic rings. The number of phenolic OH excluding ortho intramolecular Hbond substituents is 1. The van der Waals surface area contributed by atoms with E-state index in [1.54, 1.807) is 6.07 Å². The zero-order valence-corrected chi connectivity index (χ0v) is 8.05. The van der Waals surface area contributed by atoms with E-state index < -0.39 is 6.67 Å². The second kappa shape index (κ2) is 4.26. The van der Waals surface area contributed by atoms with Crippen molar-refractivity contribution in [2.45, 2.75) is 26.2 Å². The Morgan fingerprint density at radius 1 is 1.38 bits per heavy atom. The van der Waals surface area contributed by atoms with E-state index in [4.69, 9.17) is 0 Å². The first-order valence-electron chi connectivity index (χ1n) is 4.53. The summed E-state index contributed by atoms with van der Waals surface area (Å²) in [6, 6.07) is 5.39. The lowest BCUT2D eigenvalue weighted by molar-refractivity contribution is 0.451. The van der Waals surface area contributed by atoms with Crippen molar-refractivity contribution in [3.8, 4) is 5.75 Å². The molecule has 0 saturated heterocycles. The SMILES string of the molecule is CC(C)c1ccc(O)c(CCF)c1. The number of halogens is 1. The number of rotatable bonds is 3. The molecule has 0 aromatic heterocycles. The van der Waals surface area contributed by atoms with E-state index in [9.17, 15) is 9.50 Å². The van der Waals surface area contributed by atoms with Crippen molar-refractivity contribution in [2.24, 2.45) is 0 Å². The third-order valence-corrected chi connectivity index (χ3v) is 2.13. The van der Waals surface area contributed by atoms with Crippen LogP contribution in [0.3, 0.4) is 0 Å². The van der Waals surface area contributed by atoms with E-state index in [0.29, 0.717) is 17.9 Å². The summed E-state index contributed by atoms with van der Waals surface area (Å²) in [4.78, 5) is 0. The van der Waals surface area contributed by atoms with Crippen molar-refractivity contribution in [1.29, 1.82) is 0 Å². The standard InChI is InChI=1S/C11H15FO/c1-8(2)9-3-4-11(13)10(7-9)5-6-12/h3-4,7-8,13H,5-6H2,1-2H3. The van der Waals surface area contributed by atoms with Gasteiger partial charge in [-0.05, 0) is 23.1 Å². The van der Waals surface area contributed by atoms with Crippen LogP contribution >= 0.6 is 0 Å². The molecule has 0 spiro atoms. The molecule has 1 nitrogen and oxygen atoms in total. The van der Waals surface area contributed by atoms with Gasteiger partial charge < -0.3 is 5.11 Å². The molecule has 1 N–H and O–H groups in total. The molecule has 13 heavy (non-hydrogen) atoms. The molecule has 0 atom stereocenters. The molecular formula is C11H15FO. The second-order valence-electron chi connectivity index (χ2n) is 3.48. The zero-order chi connectivity index (χ0) is 9.84. The molecule has 0 heterocycles. The minimum Gasteiger partial charge on any atom is -0.508 e. The van der Waals surface area contributed by atoms with Crippen LogP contribution in [0.4, 0.5) is 4.39 Å². The molecular weight excluding hydrogens is 167 g/mol. The quantitative estimate of drug-likeness (QED) is 0.761. The van der Waals surface area contributed by atoms with Gasteiger partial charge in [0.2, 0.25) is 0 Å². The first-order valence-corrected chi connectivity index (χ1v) is 4.53. The van der Waals surface area contributed by atoms with Gasteiger partial charge in [0.05, 0.1) is 6.67 Å². The highest BCUT2D eigenvalue weighted by molar-refractivity contribution is 5.37. The maximum atomic E-state index is 12.1. The minimum atomic E-state index is -0.422. The smallest absolute Gasteiger partial charge is 0.118 e. The summed E-state index contributed by atoms with van der Waals surface area (Å²) in [5.41, 5.74) is 1.84. The van der Waals surface area contributed by atoms with Gasteiger partial charge in [0.15, 0.2) is 0 Å². The zero-order valence-electron chi connectivity index (χ0n) is 8.05. The van der Waals surface area contributed by atoms with Crippen LogP contribution in [0.5, 0.6) is 5.75 Å². The number of hydrogen-bond acceptors (Lipinski definition) is 1. The fraction of sp³-hybridized carbons (Fsp3) is 0.455. The molecule has 0 bridgehead atoms. The predicted octanol–water partition coefficient (Wildman–Crippen LogP) is 3.03. The molecule has 0 radical (unpaired) electrons. The Kier molecular flexibility index (Phi) is 3.29. The maximum Gasteiger partial charge on any atom is 0.118 e. The van der Waals surface area contributed by atoms with E-state index in [1.807, 2.05) is 12.1 Å². The largest absolute Gasteiger partial charge is 0.508 e. The number of aromatic hydroxyl groups is 1. The van der Waals surface area contributed by atoms with Crippen LogP contribution in [0.25, 0.3) is 0 Å². The third-order valence-electron chi connectivity index (χ3n) is 2.13. The Morgan fingerprint density at radius 3 is 2.62 bits per heavy atom. The van der Waals surface area contributed by atoms with Crippen LogP contribution in [-0.2, 0) is 6.42 Å². The van der Waals surface area contributed by atoms with Gasteiger partial charge in [-0.25, -0.2) is 0 Å². The van der Waals surface area contributed by atoms with Crippen LogP contribution in [0.2, 0.25) is 0 Å². The normalized spacial score (nSPS) is 10.8. The van der Waals surface area contributed by atoms with Gasteiger partial charge in [-0.15, -0.1) is 0 Å². The van der Waals surface area contributed by atoms with Gasteiger partial charge in [0.1, 0.15) is 5.75 Å². The summed E-state index contributed by atoms with van der Waals surface area (Å²) in [5.74, 6) is 0.612. The van der Waals surface area contributed by atoms with Gasteiger partial charge in [-0.3, -0.25) is 4.39 Å². The third kappa shape index (κ3) is 2.44. The molecule has 0 aliphatic carbocycles. The first kappa shape index (κ1) is 10.0. The number of alkyl halides is 1. The van der Waals surface area contributed by atoms with Gasteiger partial charge in [0, 0.05) is 6.42 Å². The van der Waals surface area contributed by atoms with Crippen LogP contribution in [0, 0.1) is 0 Å². The number of aryl methyl sites for hydroxylation is 1. The minimum absolute atomic E-state index is 0.196. The van der Waals surface area contributed by atoms with Gasteiger partial charge in [0.25, 0.3) is 0 Å². The summed E-state index contributed by atoms with van der Waals surface area (Å²) in [7, 11) is 0. The summed E-state index contributed by atoms with van der Waals surface area (Å²) < 4.78 is 12.1. The van der Waals surface area contributed by atoms with Crippen molar-refractivity contribution in [1.82, 2.24) is 0 Å². The average molecular weight is 182 g/mol. The van der Waals surface area contributed by atoms with Crippen molar-refractivity contribution in [3.63, 3.8) is 0 Å². The Labute approximate surface area is 78.2 Å². The van der Waals surface area contributed by atoms with E-state index in [-0.39, 0.29) is 5.75 Å². The van der Waals surface area contributed by atoms with E-state index >= 15 is 0 Å². The lowest BCUT2D eigenvalue weighted by atomic mass is 9.99. The summed E-state index contributed by atoms with van der Waals surface area (Å²) in [6.07, 6.45) is 0.298. The molecule has 72 valence electrons. The molecule has 0 aliphatic heterocycles. The van der Waals surface area contributed by atoms with E-state index in [1.165, 1.54) is 0 Å². The van der Waals surface area contributed by atoms with Crippen molar-refractivity contribution in [2.75, 3.05) is 6.67 Å². The molecule has 0 unspecified atom stereocenters. The number of phenols is 1. The lowest BCUT2D eigenvalue weighted by Crippen LogP contribution is -1.92. The Hall–Kier alpha value is -1.05. The molecule has 0 saturated carbocycles. The fourth-order valence-electron chi connectivity index (χ4n) is 1.27. The molecule has 1 rings (SSSR count).